The molecule has 0 saturated carbocycles. The summed E-state index contributed by atoms with van der Waals surface area (Å²) in [6.45, 7) is 0. The maximum Gasteiger partial charge on any atom is 0.262 e. The van der Waals surface area contributed by atoms with Crippen LogP contribution in [-0.4, -0.2) is 21.2 Å². The van der Waals surface area contributed by atoms with Crippen LogP contribution < -0.4 is 10.9 Å². The van der Waals surface area contributed by atoms with Crippen LogP contribution in [0.2, 0.25) is 0 Å². The van der Waals surface area contributed by atoms with E-state index in [1.165, 1.54) is 28.6 Å². The Bertz CT molecular complexity index is 1430. The van der Waals surface area contributed by atoms with Gasteiger partial charge in [-0.05, 0) is 67.6 Å². The lowest BCUT2D eigenvalue weighted by Gasteiger charge is -2.11. The van der Waals surface area contributed by atoms with Crippen molar-refractivity contribution in [3.63, 3.8) is 0 Å². The summed E-state index contributed by atoms with van der Waals surface area (Å²) in [5, 5.41) is 12.6. The van der Waals surface area contributed by atoms with Crippen LogP contribution in [0.4, 0.5) is 17.1 Å². The van der Waals surface area contributed by atoms with Crippen molar-refractivity contribution in [1.82, 2.24) is 9.55 Å². The molecule has 2 aromatic heterocycles. The molecule has 172 valence electrons. The van der Waals surface area contributed by atoms with E-state index in [0.29, 0.717) is 16.5 Å². The molecule has 0 atom stereocenters. The highest BCUT2D eigenvalue weighted by Gasteiger charge is 2.21. The monoisotopic (exact) mass is 489 g/mol. The minimum absolute atomic E-state index is 0.0208. The van der Waals surface area contributed by atoms with E-state index in [9.17, 15) is 9.59 Å². The molecule has 0 bridgehead atoms. The summed E-state index contributed by atoms with van der Waals surface area (Å²) in [6, 6.07) is 16.7. The maximum absolute atomic E-state index is 13.0. The lowest BCUT2D eigenvalue weighted by Crippen LogP contribution is -2.21. The Morgan fingerprint density at radius 1 is 1.06 bits per heavy atom. The highest BCUT2D eigenvalue weighted by molar-refractivity contribution is 7.99. The molecular formula is C25H23N5O2S2. The fraction of sp³-hybridized carbons (Fsp3) is 0.240. The standard InChI is InChI=1S/C25H23N5O2S2/c1-30-24(32)22-19-9-5-6-10-20(19)34-23(22)27-25(30)33-15-21(31)26-16-11-13-18(14-12-16)29-28-17-7-3-2-4-8-17/h2-4,7-8,11-14H,5-6,9-10,15H2,1H3,(H,26,31). The summed E-state index contributed by atoms with van der Waals surface area (Å²) in [4.78, 5) is 32.3. The first kappa shape index (κ1) is 22.5. The van der Waals surface area contributed by atoms with Gasteiger partial charge in [-0.3, -0.25) is 14.2 Å². The van der Waals surface area contributed by atoms with Gasteiger partial charge in [0.15, 0.2) is 5.16 Å². The predicted octanol–water partition coefficient (Wildman–Crippen LogP) is 6.02. The molecule has 7 nitrogen and oxygen atoms in total. The smallest absolute Gasteiger partial charge is 0.262 e. The van der Waals surface area contributed by atoms with Crippen molar-refractivity contribution in [2.75, 3.05) is 11.1 Å². The number of fused-ring (bicyclic) bond motifs is 3. The number of carbonyl (C=O) groups is 1. The summed E-state index contributed by atoms with van der Waals surface area (Å²) in [5.41, 5.74) is 3.31. The van der Waals surface area contributed by atoms with E-state index in [-0.39, 0.29) is 17.2 Å². The molecule has 34 heavy (non-hydrogen) atoms. The Hall–Kier alpha value is -3.30. The van der Waals surface area contributed by atoms with E-state index in [1.54, 1.807) is 47.2 Å². The second-order valence-corrected chi connectivity index (χ2v) is 10.1. The van der Waals surface area contributed by atoms with Gasteiger partial charge in [-0.2, -0.15) is 10.2 Å². The molecule has 0 radical (unpaired) electrons. The molecule has 5 rings (SSSR count). The average molecular weight is 490 g/mol. The molecule has 2 heterocycles. The molecule has 0 saturated heterocycles. The SMILES string of the molecule is Cn1c(SCC(=O)Nc2ccc(N=Nc3ccccc3)cc2)nc2sc3c(c2c1=O)CCCC3. The first-order valence-corrected chi connectivity index (χ1v) is 12.9. The van der Waals surface area contributed by atoms with Crippen LogP contribution in [0.25, 0.3) is 10.2 Å². The molecule has 2 aromatic carbocycles. The maximum atomic E-state index is 13.0. The number of amides is 1. The van der Waals surface area contributed by atoms with Crippen molar-refractivity contribution in [3.05, 3.63) is 75.4 Å². The van der Waals surface area contributed by atoms with E-state index in [0.717, 1.165) is 35.2 Å². The van der Waals surface area contributed by atoms with Crippen LogP contribution in [0.15, 0.2) is 74.8 Å². The second-order valence-electron chi connectivity index (χ2n) is 8.07. The van der Waals surface area contributed by atoms with Gasteiger partial charge in [0.05, 0.1) is 22.5 Å². The number of rotatable bonds is 6. The normalized spacial score (nSPS) is 13.3. The number of benzene rings is 2. The molecule has 0 unspecified atom stereocenters. The highest BCUT2D eigenvalue weighted by atomic mass is 32.2. The van der Waals surface area contributed by atoms with Crippen molar-refractivity contribution in [2.45, 2.75) is 30.8 Å². The molecule has 9 heteroatoms. The third-order valence-corrected chi connectivity index (χ3v) is 7.89. The fourth-order valence-electron chi connectivity index (χ4n) is 3.95. The van der Waals surface area contributed by atoms with Gasteiger partial charge in [0.2, 0.25) is 5.91 Å². The lowest BCUT2D eigenvalue weighted by atomic mass is 9.97. The number of carbonyl (C=O) groups excluding carboxylic acids is 1. The zero-order chi connectivity index (χ0) is 23.5. The van der Waals surface area contributed by atoms with Crippen molar-refractivity contribution in [2.24, 2.45) is 17.3 Å². The van der Waals surface area contributed by atoms with Crippen molar-refractivity contribution < 1.29 is 4.79 Å². The number of anilines is 1. The number of aryl methyl sites for hydroxylation is 2. The van der Waals surface area contributed by atoms with Gasteiger partial charge >= 0.3 is 0 Å². The lowest BCUT2D eigenvalue weighted by molar-refractivity contribution is -0.113. The molecular weight excluding hydrogens is 466 g/mol. The zero-order valence-corrected chi connectivity index (χ0v) is 20.3. The van der Waals surface area contributed by atoms with E-state index in [2.05, 4.69) is 15.5 Å². The van der Waals surface area contributed by atoms with E-state index >= 15 is 0 Å². The topological polar surface area (TPSA) is 88.7 Å². The van der Waals surface area contributed by atoms with Crippen LogP contribution in [0.3, 0.4) is 0 Å². The number of nitrogens with zero attached hydrogens (tertiary/aromatic N) is 4. The van der Waals surface area contributed by atoms with Crippen molar-refractivity contribution in [3.8, 4) is 0 Å². The quantitative estimate of drug-likeness (QED) is 0.204. The van der Waals surface area contributed by atoms with Gasteiger partial charge in [-0.1, -0.05) is 30.0 Å². The van der Waals surface area contributed by atoms with Crippen molar-refractivity contribution in [1.29, 1.82) is 0 Å². The number of hydrogen-bond donors (Lipinski definition) is 1. The summed E-state index contributed by atoms with van der Waals surface area (Å²) in [6.07, 6.45) is 4.26. The van der Waals surface area contributed by atoms with Crippen LogP contribution in [0.5, 0.6) is 0 Å². The van der Waals surface area contributed by atoms with Crippen LogP contribution in [0, 0.1) is 0 Å². The van der Waals surface area contributed by atoms with Gasteiger partial charge < -0.3 is 5.32 Å². The molecule has 1 amide bonds. The van der Waals surface area contributed by atoms with Crippen molar-refractivity contribution >= 4 is 56.3 Å². The molecule has 4 aromatic rings. The Morgan fingerprint density at radius 3 is 2.53 bits per heavy atom. The average Bonchev–Trinajstić information content (AvgIpc) is 3.24. The first-order valence-electron chi connectivity index (χ1n) is 11.1. The minimum atomic E-state index is -0.163. The third-order valence-electron chi connectivity index (χ3n) is 5.68. The molecule has 0 fully saturated rings. The van der Waals surface area contributed by atoms with Crippen LogP contribution >= 0.6 is 23.1 Å². The number of thioether (sulfide) groups is 1. The summed E-state index contributed by atoms with van der Waals surface area (Å²) < 4.78 is 1.56. The van der Waals surface area contributed by atoms with Gasteiger partial charge in [0, 0.05) is 17.6 Å². The number of hydrogen-bond acceptors (Lipinski definition) is 7. The second kappa shape index (κ2) is 9.90. The number of aromatic nitrogens is 2. The Kier molecular flexibility index (Phi) is 6.55. The van der Waals surface area contributed by atoms with Gasteiger partial charge in [0.25, 0.3) is 5.56 Å². The van der Waals surface area contributed by atoms with Gasteiger partial charge in [-0.25, -0.2) is 4.98 Å². The van der Waals surface area contributed by atoms with Crippen LogP contribution in [-0.2, 0) is 24.7 Å². The van der Waals surface area contributed by atoms with E-state index in [4.69, 9.17) is 4.98 Å². The van der Waals surface area contributed by atoms with Gasteiger partial charge in [0.1, 0.15) is 4.83 Å². The summed E-state index contributed by atoms with van der Waals surface area (Å²) in [5.74, 6) is -0.00437. The number of thiophene rings is 1. The number of nitrogens with one attached hydrogen (secondary N) is 1. The van der Waals surface area contributed by atoms with E-state index < -0.39 is 0 Å². The largest absolute Gasteiger partial charge is 0.325 e. The minimum Gasteiger partial charge on any atom is -0.325 e. The number of azo groups is 1. The summed E-state index contributed by atoms with van der Waals surface area (Å²) >= 11 is 2.89. The molecule has 0 spiro atoms. The Morgan fingerprint density at radius 2 is 1.76 bits per heavy atom. The predicted molar refractivity (Wildman–Crippen MR) is 138 cm³/mol. The molecule has 0 aliphatic heterocycles. The Balaban J connectivity index is 1.23. The van der Waals surface area contributed by atoms with E-state index in [1.807, 2.05) is 30.3 Å². The highest BCUT2D eigenvalue weighted by Crippen LogP contribution is 2.34. The van der Waals surface area contributed by atoms with Gasteiger partial charge in [-0.15, -0.1) is 11.3 Å². The fourth-order valence-corrected chi connectivity index (χ4v) is 6.02. The zero-order valence-electron chi connectivity index (χ0n) is 18.7. The first-order chi connectivity index (χ1) is 16.6. The van der Waals surface area contributed by atoms with Crippen LogP contribution in [0.1, 0.15) is 23.3 Å². The summed E-state index contributed by atoms with van der Waals surface area (Å²) in [7, 11) is 1.73. The third kappa shape index (κ3) is 4.80. The molecule has 1 N–H and O–H groups in total. The molecule has 1 aliphatic carbocycles. The molecule has 1 aliphatic rings. The Labute approximate surface area is 205 Å².